The highest BCUT2D eigenvalue weighted by molar-refractivity contribution is 5.89. The third kappa shape index (κ3) is 4.35. The fraction of sp³-hybridized carbons (Fsp3) is 0.261. The van der Waals surface area contributed by atoms with Crippen LogP contribution in [0.5, 0.6) is 5.75 Å². The van der Waals surface area contributed by atoms with Gasteiger partial charge in [0.1, 0.15) is 5.75 Å². The molecule has 0 spiro atoms. The van der Waals surface area contributed by atoms with E-state index in [1.807, 2.05) is 72.5 Å². The first kappa shape index (κ1) is 19.7. The maximum atomic E-state index is 12.5. The number of piperazine rings is 1. The first-order valence-electron chi connectivity index (χ1n) is 9.99. The Morgan fingerprint density at radius 2 is 1.67 bits per heavy atom. The molecule has 0 saturated carbocycles. The minimum absolute atomic E-state index is 0.0730. The molecule has 1 saturated heterocycles. The standard InChI is InChI=1S/C23H25N5O2/c1-17-7-9-18(10-8-17)24-23(29)28-15-13-27(14-16-28)22-12-11-20(25-26-22)19-5-3-4-6-21(19)30-2/h3-12H,13-16H2,1-2H3,(H,24,29). The number of amides is 2. The van der Waals surface area contributed by atoms with E-state index >= 15 is 0 Å². The first-order valence-corrected chi connectivity index (χ1v) is 9.99. The molecular weight excluding hydrogens is 378 g/mol. The lowest BCUT2D eigenvalue weighted by Crippen LogP contribution is -2.50. The molecule has 2 aromatic carbocycles. The normalized spacial score (nSPS) is 13.8. The number of methoxy groups -OCH3 is 1. The molecule has 0 radical (unpaired) electrons. The van der Waals surface area contributed by atoms with Gasteiger partial charge >= 0.3 is 6.03 Å². The van der Waals surface area contributed by atoms with E-state index in [1.54, 1.807) is 7.11 Å². The van der Waals surface area contributed by atoms with Crippen LogP contribution in [0.25, 0.3) is 11.3 Å². The summed E-state index contributed by atoms with van der Waals surface area (Å²) in [4.78, 5) is 16.5. The highest BCUT2D eigenvalue weighted by atomic mass is 16.5. The van der Waals surface area contributed by atoms with Crippen molar-refractivity contribution in [2.45, 2.75) is 6.92 Å². The monoisotopic (exact) mass is 403 g/mol. The molecule has 7 nitrogen and oxygen atoms in total. The number of ether oxygens (including phenoxy) is 1. The summed E-state index contributed by atoms with van der Waals surface area (Å²) in [5.74, 6) is 1.58. The highest BCUT2D eigenvalue weighted by Gasteiger charge is 2.22. The van der Waals surface area contributed by atoms with Gasteiger partial charge in [0, 0.05) is 37.4 Å². The van der Waals surface area contributed by atoms with Gasteiger partial charge in [-0.15, -0.1) is 10.2 Å². The van der Waals surface area contributed by atoms with Crippen molar-refractivity contribution in [2.24, 2.45) is 0 Å². The number of carbonyl (C=O) groups is 1. The number of aromatic nitrogens is 2. The molecule has 0 bridgehead atoms. The van der Waals surface area contributed by atoms with Crippen molar-refractivity contribution in [2.75, 3.05) is 43.5 Å². The molecule has 1 N–H and O–H groups in total. The van der Waals surface area contributed by atoms with Crippen molar-refractivity contribution in [3.63, 3.8) is 0 Å². The van der Waals surface area contributed by atoms with Gasteiger partial charge in [-0.1, -0.05) is 29.8 Å². The van der Waals surface area contributed by atoms with Crippen LogP contribution >= 0.6 is 0 Å². The molecule has 154 valence electrons. The largest absolute Gasteiger partial charge is 0.496 e. The average molecular weight is 403 g/mol. The summed E-state index contributed by atoms with van der Waals surface area (Å²) >= 11 is 0. The Labute approximate surface area is 176 Å². The van der Waals surface area contributed by atoms with Crippen molar-refractivity contribution in [3.8, 4) is 17.0 Å². The fourth-order valence-corrected chi connectivity index (χ4v) is 3.47. The predicted molar refractivity (Wildman–Crippen MR) is 118 cm³/mol. The van der Waals surface area contributed by atoms with Crippen LogP contribution in [-0.4, -0.2) is 54.4 Å². The van der Waals surface area contributed by atoms with Crippen LogP contribution in [0.1, 0.15) is 5.56 Å². The molecule has 4 rings (SSSR count). The maximum absolute atomic E-state index is 12.5. The number of para-hydroxylation sites is 1. The SMILES string of the molecule is COc1ccccc1-c1ccc(N2CCN(C(=O)Nc3ccc(C)cc3)CC2)nn1. The summed E-state index contributed by atoms with van der Waals surface area (Å²) in [6, 6.07) is 19.4. The quantitative estimate of drug-likeness (QED) is 0.717. The summed E-state index contributed by atoms with van der Waals surface area (Å²) in [7, 11) is 1.65. The van der Waals surface area contributed by atoms with E-state index in [0.717, 1.165) is 28.5 Å². The van der Waals surface area contributed by atoms with Crippen molar-refractivity contribution in [3.05, 3.63) is 66.2 Å². The zero-order valence-electron chi connectivity index (χ0n) is 17.2. The summed E-state index contributed by atoms with van der Waals surface area (Å²) in [5.41, 5.74) is 3.66. The molecule has 0 aliphatic carbocycles. The number of carbonyl (C=O) groups excluding carboxylic acids is 1. The Hall–Kier alpha value is -3.61. The Balaban J connectivity index is 1.36. The Morgan fingerprint density at radius 3 is 2.33 bits per heavy atom. The van der Waals surface area contributed by atoms with Gasteiger partial charge in [-0.25, -0.2) is 4.79 Å². The second-order valence-corrected chi connectivity index (χ2v) is 7.25. The van der Waals surface area contributed by atoms with Crippen LogP contribution in [0, 0.1) is 6.92 Å². The molecule has 1 aliphatic heterocycles. The Kier molecular flexibility index (Phi) is 5.79. The number of nitrogens with one attached hydrogen (secondary N) is 1. The minimum Gasteiger partial charge on any atom is -0.496 e. The topological polar surface area (TPSA) is 70.6 Å². The van der Waals surface area contributed by atoms with E-state index in [4.69, 9.17) is 4.74 Å². The second-order valence-electron chi connectivity index (χ2n) is 7.25. The number of aryl methyl sites for hydroxylation is 1. The van der Waals surface area contributed by atoms with E-state index in [9.17, 15) is 4.79 Å². The smallest absolute Gasteiger partial charge is 0.321 e. The van der Waals surface area contributed by atoms with E-state index in [0.29, 0.717) is 26.2 Å². The van der Waals surface area contributed by atoms with Gasteiger partial charge in [0.15, 0.2) is 5.82 Å². The zero-order chi connectivity index (χ0) is 20.9. The summed E-state index contributed by atoms with van der Waals surface area (Å²) in [5, 5.41) is 11.7. The van der Waals surface area contributed by atoms with E-state index in [1.165, 1.54) is 5.56 Å². The minimum atomic E-state index is -0.0730. The van der Waals surface area contributed by atoms with E-state index < -0.39 is 0 Å². The lowest BCUT2D eigenvalue weighted by molar-refractivity contribution is 0.208. The number of benzene rings is 2. The van der Waals surface area contributed by atoms with Crippen LogP contribution < -0.4 is 15.0 Å². The molecule has 1 aliphatic rings. The van der Waals surface area contributed by atoms with Crippen molar-refractivity contribution < 1.29 is 9.53 Å². The zero-order valence-corrected chi connectivity index (χ0v) is 17.2. The lowest BCUT2D eigenvalue weighted by atomic mass is 10.1. The number of urea groups is 1. The molecule has 7 heteroatoms. The van der Waals surface area contributed by atoms with E-state index in [-0.39, 0.29) is 6.03 Å². The Bertz CT molecular complexity index is 997. The average Bonchev–Trinajstić information content (AvgIpc) is 2.81. The summed E-state index contributed by atoms with van der Waals surface area (Å²) in [6.45, 7) is 4.71. The number of rotatable bonds is 4. The van der Waals surface area contributed by atoms with Crippen molar-refractivity contribution in [1.82, 2.24) is 15.1 Å². The second kappa shape index (κ2) is 8.82. The van der Waals surface area contributed by atoms with Crippen LogP contribution in [0.15, 0.2) is 60.7 Å². The van der Waals surface area contributed by atoms with Crippen molar-refractivity contribution in [1.29, 1.82) is 0 Å². The van der Waals surface area contributed by atoms with Gasteiger partial charge in [-0.3, -0.25) is 0 Å². The molecule has 2 amide bonds. The Morgan fingerprint density at radius 1 is 0.933 bits per heavy atom. The fourth-order valence-electron chi connectivity index (χ4n) is 3.47. The van der Waals surface area contributed by atoms with E-state index in [2.05, 4.69) is 20.4 Å². The molecule has 0 atom stereocenters. The predicted octanol–water partition coefficient (Wildman–Crippen LogP) is 3.81. The third-order valence-corrected chi connectivity index (χ3v) is 5.23. The molecule has 30 heavy (non-hydrogen) atoms. The maximum Gasteiger partial charge on any atom is 0.321 e. The molecule has 1 aromatic heterocycles. The molecule has 2 heterocycles. The van der Waals surface area contributed by atoms with Crippen LogP contribution in [-0.2, 0) is 0 Å². The lowest BCUT2D eigenvalue weighted by Gasteiger charge is -2.35. The van der Waals surface area contributed by atoms with Crippen LogP contribution in [0.4, 0.5) is 16.3 Å². The van der Waals surface area contributed by atoms with Gasteiger partial charge in [0.2, 0.25) is 0 Å². The van der Waals surface area contributed by atoms with Gasteiger partial charge in [-0.05, 0) is 43.3 Å². The van der Waals surface area contributed by atoms with Crippen LogP contribution in [0.3, 0.4) is 0 Å². The third-order valence-electron chi connectivity index (χ3n) is 5.23. The van der Waals surface area contributed by atoms with Crippen LogP contribution in [0.2, 0.25) is 0 Å². The molecule has 0 unspecified atom stereocenters. The van der Waals surface area contributed by atoms with Gasteiger partial charge in [0.25, 0.3) is 0 Å². The number of hydrogen-bond acceptors (Lipinski definition) is 5. The van der Waals surface area contributed by atoms with Gasteiger partial charge in [0.05, 0.1) is 12.8 Å². The van der Waals surface area contributed by atoms with Gasteiger partial charge < -0.3 is 19.9 Å². The summed E-state index contributed by atoms with van der Waals surface area (Å²) < 4.78 is 5.41. The molecule has 1 fully saturated rings. The molecule has 3 aromatic rings. The number of hydrogen-bond donors (Lipinski definition) is 1. The highest BCUT2D eigenvalue weighted by Crippen LogP contribution is 2.28. The number of anilines is 2. The first-order chi connectivity index (χ1) is 14.6. The number of nitrogens with zero attached hydrogens (tertiary/aromatic N) is 4. The molecular formula is C23H25N5O2. The van der Waals surface area contributed by atoms with Crippen molar-refractivity contribution >= 4 is 17.5 Å². The van der Waals surface area contributed by atoms with Gasteiger partial charge in [-0.2, -0.15) is 0 Å². The summed E-state index contributed by atoms with van der Waals surface area (Å²) in [6.07, 6.45) is 0.